The summed E-state index contributed by atoms with van der Waals surface area (Å²) < 4.78 is 5.38. The first-order chi connectivity index (χ1) is 17.2. The van der Waals surface area contributed by atoms with Crippen LogP contribution in [0.1, 0.15) is 40.2 Å². The molecule has 0 radical (unpaired) electrons. The SMILES string of the molecule is NC(=O)C1=C(O)[C@@]2(O)C(=O)c3c(cc4c(C5CC5)ccc(O)c4c3O)C[C@H]2[C@@H](N2CCOCC2)C1=O. The number of hydrogen-bond acceptors (Lipinski definition) is 9. The van der Waals surface area contributed by atoms with E-state index in [2.05, 4.69) is 0 Å². The summed E-state index contributed by atoms with van der Waals surface area (Å²) in [5.41, 5.74) is 3.01. The summed E-state index contributed by atoms with van der Waals surface area (Å²) >= 11 is 0. The van der Waals surface area contributed by atoms with Gasteiger partial charge in [0, 0.05) is 19.0 Å². The maximum absolute atomic E-state index is 13.9. The molecule has 4 aliphatic rings. The highest BCUT2D eigenvalue weighted by Gasteiger charge is 2.62. The number of rotatable bonds is 3. The van der Waals surface area contributed by atoms with Gasteiger partial charge in [0.2, 0.25) is 5.78 Å². The van der Waals surface area contributed by atoms with Crippen LogP contribution >= 0.6 is 0 Å². The molecule has 0 unspecified atom stereocenters. The molecule has 3 aliphatic carbocycles. The molecular weight excluding hydrogens is 468 g/mol. The molecule has 0 spiro atoms. The number of hydrogen-bond donors (Lipinski definition) is 5. The van der Waals surface area contributed by atoms with Crippen molar-refractivity contribution in [3.8, 4) is 11.5 Å². The summed E-state index contributed by atoms with van der Waals surface area (Å²) in [5.74, 6) is -5.74. The van der Waals surface area contributed by atoms with E-state index in [1.54, 1.807) is 17.0 Å². The number of ketones is 2. The Balaban J connectivity index is 1.60. The van der Waals surface area contributed by atoms with Gasteiger partial charge in [0.25, 0.3) is 5.91 Å². The molecule has 36 heavy (non-hydrogen) atoms. The van der Waals surface area contributed by atoms with E-state index in [-0.39, 0.29) is 29.0 Å². The quantitative estimate of drug-likeness (QED) is 0.387. The van der Waals surface area contributed by atoms with Crippen molar-refractivity contribution < 1.29 is 39.5 Å². The van der Waals surface area contributed by atoms with E-state index in [9.17, 15) is 34.8 Å². The van der Waals surface area contributed by atoms with Crippen LogP contribution in [0.4, 0.5) is 0 Å². The van der Waals surface area contributed by atoms with Gasteiger partial charge in [-0.2, -0.15) is 0 Å². The number of phenols is 2. The number of nitrogens with zero attached hydrogens (tertiary/aromatic N) is 1. The molecule has 6 rings (SSSR count). The molecule has 1 saturated heterocycles. The number of Topliss-reactive ketones (excluding diaryl/α,β-unsaturated/α-hetero) is 2. The highest BCUT2D eigenvalue weighted by atomic mass is 16.5. The van der Waals surface area contributed by atoms with Crippen LogP contribution in [0, 0.1) is 5.92 Å². The molecule has 6 N–H and O–H groups in total. The van der Waals surface area contributed by atoms with Gasteiger partial charge < -0.3 is 30.9 Å². The smallest absolute Gasteiger partial charge is 0.255 e. The Bertz CT molecular complexity index is 1390. The van der Waals surface area contributed by atoms with Gasteiger partial charge in [-0.3, -0.25) is 19.3 Å². The van der Waals surface area contributed by atoms with Crippen molar-refractivity contribution in [3.05, 3.63) is 46.2 Å². The Hall–Kier alpha value is -3.47. The van der Waals surface area contributed by atoms with Crippen molar-refractivity contribution in [1.82, 2.24) is 4.90 Å². The fourth-order valence-corrected chi connectivity index (χ4v) is 6.24. The minimum atomic E-state index is -2.66. The second-order valence-electron chi connectivity index (χ2n) is 10.1. The highest BCUT2D eigenvalue weighted by molar-refractivity contribution is 6.25. The largest absolute Gasteiger partial charge is 0.508 e. The molecule has 1 aliphatic heterocycles. The monoisotopic (exact) mass is 494 g/mol. The third-order valence-electron chi connectivity index (χ3n) is 8.12. The van der Waals surface area contributed by atoms with Crippen LogP contribution in [0.5, 0.6) is 11.5 Å². The number of carbonyl (C=O) groups excluding carboxylic acids is 3. The lowest BCUT2D eigenvalue weighted by Crippen LogP contribution is -2.66. The molecule has 2 aromatic rings. The number of primary amides is 1. The fourth-order valence-electron chi connectivity index (χ4n) is 6.24. The standard InChI is InChI=1S/C26H26N2O8/c27-25(34)19-22(31)20(28-5-7-36-8-6-28)15-10-12-9-14-13(11-1-2-11)3-4-16(29)18(14)21(30)17(12)23(32)26(15,35)24(19)33/h3-4,9,11,15,20,29-30,33,35H,1-2,5-8,10H2,(H2,27,34)/t15-,20+,26-/m0/s1. The number of phenolic OH excluding ortho intramolecular Hbond substituents is 2. The molecule has 0 aromatic heterocycles. The summed E-state index contributed by atoms with van der Waals surface area (Å²) in [5, 5.41) is 45.2. The molecule has 10 heteroatoms. The zero-order chi connectivity index (χ0) is 25.5. The molecule has 2 fully saturated rings. The van der Waals surface area contributed by atoms with Crippen LogP contribution in [0.2, 0.25) is 0 Å². The maximum Gasteiger partial charge on any atom is 0.255 e. The van der Waals surface area contributed by atoms with Crippen molar-refractivity contribution in [2.45, 2.75) is 36.8 Å². The number of benzene rings is 2. The van der Waals surface area contributed by atoms with Crippen molar-refractivity contribution in [2.75, 3.05) is 26.3 Å². The maximum atomic E-state index is 13.9. The molecular formula is C26H26N2O8. The first kappa shape index (κ1) is 23.0. The molecule has 10 nitrogen and oxygen atoms in total. The number of nitrogens with two attached hydrogens (primary N) is 1. The minimum absolute atomic E-state index is 0.0370. The van der Waals surface area contributed by atoms with E-state index in [0.717, 1.165) is 18.4 Å². The van der Waals surface area contributed by atoms with Gasteiger partial charge in [0.05, 0.1) is 30.2 Å². The first-order valence-corrected chi connectivity index (χ1v) is 12.0. The Morgan fingerprint density at radius 2 is 1.81 bits per heavy atom. The van der Waals surface area contributed by atoms with Gasteiger partial charge in [-0.25, -0.2) is 0 Å². The summed E-state index contributed by atoms with van der Waals surface area (Å²) in [6, 6.07) is 3.87. The number of fused-ring (bicyclic) bond motifs is 3. The first-order valence-electron chi connectivity index (χ1n) is 12.0. The Morgan fingerprint density at radius 1 is 1.11 bits per heavy atom. The predicted octanol–water partition coefficient (Wildman–Crippen LogP) is 0.795. The number of aliphatic hydroxyl groups excluding tert-OH is 1. The minimum Gasteiger partial charge on any atom is -0.508 e. The average molecular weight is 495 g/mol. The molecule has 1 heterocycles. The number of aliphatic hydroxyl groups is 2. The molecule has 0 bridgehead atoms. The van der Waals surface area contributed by atoms with Crippen molar-refractivity contribution in [1.29, 1.82) is 0 Å². The Morgan fingerprint density at radius 3 is 2.44 bits per heavy atom. The number of aromatic hydroxyl groups is 2. The lowest BCUT2D eigenvalue weighted by molar-refractivity contribution is -0.136. The summed E-state index contributed by atoms with van der Waals surface area (Å²) in [7, 11) is 0. The Kier molecular flexibility index (Phi) is 4.95. The lowest BCUT2D eigenvalue weighted by Gasteiger charge is -2.49. The van der Waals surface area contributed by atoms with Crippen LogP contribution in [0.25, 0.3) is 10.8 Å². The summed E-state index contributed by atoms with van der Waals surface area (Å²) in [6.45, 7) is 1.27. The van der Waals surface area contributed by atoms with Gasteiger partial charge in [-0.05, 0) is 53.8 Å². The topological polar surface area (TPSA) is 171 Å². The highest BCUT2D eigenvalue weighted by Crippen LogP contribution is 2.52. The van der Waals surface area contributed by atoms with Crippen LogP contribution < -0.4 is 5.73 Å². The van der Waals surface area contributed by atoms with Gasteiger partial charge >= 0.3 is 0 Å². The van der Waals surface area contributed by atoms with Gasteiger partial charge in [-0.15, -0.1) is 0 Å². The second kappa shape index (κ2) is 7.76. The zero-order valence-electron chi connectivity index (χ0n) is 19.4. The molecule has 1 saturated carbocycles. The van der Waals surface area contributed by atoms with Crippen LogP contribution in [-0.2, 0) is 20.7 Å². The molecule has 188 valence electrons. The zero-order valence-corrected chi connectivity index (χ0v) is 19.4. The van der Waals surface area contributed by atoms with E-state index in [1.165, 1.54) is 6.07 Å². The van der Waals surface area contributed by atoms with Crippen molar-refractivity contribution in [3.63, 3.8) is 0 Å². The van der Waals surface area contributed by atoms with Gasteiger partial charge in [-0.1, -0.05) is 6.07 Å². The summed E-state index contributed by atoms with van der Waals surface area (Å²) in [4.78, 5) is 41.3. The molecule has 1 amide bonds. The van der Waals surface area contributed by atoms with Crippen LogP contribution in [-0.4, -0.2) is 80.7 Å². The number of morpholine rings is 1. The van der Waals surface area contributed by atoms with E-state index < -0.39 is 52.1 Å². The predicted molar refractivity (Wildman–Crippen MR) is 126 cm³/mol. The lowest BCUT2D eigenvalue weighted by atomic mass is 9.61. The third kappa shape index (κ3) is 2.98. The van der Waals surface area contributed by atoms with E-state index in [1.807, 2.05) is 0 Å². The average Bonchev–Trinajstić information content (AvgIpc) is 3.67. The van der Waals surface area contributed by atoms with Gasteiger partial charge in [0.1, 0.15) is 22.8 Å². The number of ether oxygens (including phenoxy) is 1. The normalized spacial score (nSPS) is 28.8. The van der Waals surface area contributed by atoms with E-state index in [0.29, 0.717) is 37.3 Å². The van der Waals surface area contributed by atoms with Crippen LogP contribution in [0.3, 0.4) is 0 Å². The van der Waals surface area contributed by atoms with E-state index in [4.69, 9.17) is 10.5 Å². The Labute approximate surface area is 205 Å². The van der Waals surface area contributed by atoms with Crippen LogP contribution in [0.15, 0.2) is 29.5 Å². The van der Waals surface area contributed by atoms with Crippen molar-refractivity contribution in [2.24, 2.45) is 11.7 Å². The van der Waals surface area contributed by atoms with Gasteiger partial charge in [0.15, 0.2) is 11.4 Å². The fraction of sp³-hybridized carbons (Fsp3) is 0.423. The van der Waals surface area contributed by atoms with E-state index >= 15 is 0 Å². The number of amides is 1. The van der Waals surface area contributed by atoms with Crippen molar-refractivity contribution >= 4 is 28.2 Å². The molecule has 2 aromatic carbocycles. The third-order valence-corrected chi connectivity index (χ3v) is 8.12. The molecule has 3 atom stereocenters. The number of carbonyl (C=O) groups is 3. The summed E-state index contributed by atoms with van der Waals surface area (Å²) in [6.07, 6.45) is 1.91. The second-order valence-corrected chi connectivity index (χ2v) is 10.1.